The summed E-state index contributed by atoms with van der Waals surface area (Å²) in [7, 11) is 3.48. The second-order valence-electron chi connectivity index (χ2n) is 6.94. The molecule has 2 N–H and O–H groups in total. The van der Waals surface area contributed by atoms with Crippen LogP contribution >= 0.6 is 35.3 Å². The van der Waals surface area contributed by atoms with Crippen molar-refractivity contribution in [3.63, 3.8) is 0 Å². The third-order valence-corrected chi connectivity index (χ3v) is 4.67. The highest BCUT2D eigenvalue weighted by Crippen LogP contribution is 2.26. The van der Waals surface area contributed by atoms with Crippen molar-refractivity contribution in [3.8, 4) is 0 Å². The molecule has 1 rings (SSSR count). The minimum Gasteiger partial charge on any atom is -0.356 e. The number of hydrogen-bond acceptors (Lipinski definition) is 3. The minimum atomic E-state index is -0.00633. The largest absolute Gasteiger partial charge is 0.356 e. The van der Waals surface area contributed by atoms with E-state index >= 15 is 0 Å². The molecule has 0 saturated carbocycles. The average molecular weight is 466 g/mol. The number of halogens is 1. The molecule has 5 nitrogen and oxygen atoms in total. The van der Waals surface area contributed by atoms with Crippen molar-refractivity contribution in [1.29, 1.82) is 0 Å². The van der Waals surface area contributed by atoms with Crippen LogP contribution in [0.4, 0.5) is 0 Å². The van der Waals surface area contributed by atoms with E-state index in [1.54, 1.807) is 30.3 Å². The van der Waals surface area contributed by atoms with Gasteiger partial charge in [-0.1, -0.05) is 33.8 Å². The number of carbonyl (C=O) groups is 1. The molecule has 24 heavy (non-hydrogen) atoms. The van der Waals surface area contributed by atoms with Gasteiger partial charge in [-0.15, -0.1) is 35.3 Å². The first-order chi connectivity index (χ1) is 10.7. The normalized spacial score (nSPS) is 11.9. The number of guanidine groups is 1. The maximum atomic E-state index is 11.7. The van der Waals surface area contributed by atoms with Crippen LogP contribution in [0.25, 0.3) is 0 Å². The summed E-state index contributed by atoms with van der Waals surface area (Å²) in [5.74, 6) is 1.20. The van der Waals surface area contributed by atoms with Crippen molar-refractivity contribution in [2.45, 2.75) is 33.1 Å². The summed E-state index contributed by atoms with van der Waals surface area (Å²) < 4.78 is 0. The predicted octanol–water partition coefficient (Wildman–Crippen LogP) is 2.92. The zero-order chi connectivity index (χ0) is 17.5. The summed E-state index contributed by atoms with van der Waals surface area (Å²) in [4.78, 5) is 19.0. The molecule has 0 unspecified atom stereocenters. The lowest BCUT2D eigenvalue weighted by atomic mass is 9.91. The van der Waals surface area contributed by atoms with Gasteiger partial charge in [-0.2, -0.15) is 0 Å². The Balaban J connectivity index is 0.00000529. The van der Waals surface area contributed by atoms with E-state index in [0.29, 0.717) is 11.9 Å². The smallest absolute Gasteiger partial charge is 0.243 e. The molecule has 0 atom stereocenters. The second kappa shape index (κ2) is 10.9. The maximum absolute atomic E-state index is 11.7. The van der Waals surface area contributed by atoms with Crippen LogP contribution < -0.4 is 10.6 Å². The summed E-state index contributed by atoms with van der Waals surface area (Å²) in [6, 6.07) is 4.23. The Morgan fingerprint density at radius 3 is 2.50 bits per heavy atom. The van der Waals surface area contributed by atoms with Crippen LogP contribution in [-0.2, 0) is 10.2 Å². The zero-order valence-corrected chi connectivity index (χ0v) is 18.7. The van der Waals surface area contributed by atoms with E-state index < -0.39 is 0 Å². The Bertz CT molecular complexity index is 513. The Labute approximate surface area is 167 Å². The Morgan fingerprint density at radius 2 is 2.00 bits per heavy atom. The van der Waals surface area contributed by atoms with Gasteiger partial charge in [-0.25, -0.2) is 4.99 Å². The van der Waals surface area contributed by atoms with E-state index in [1.807, 2.05) is 0 Å². The van der Waals surface area contributed by atoms with E-state index in [1.165, 1.54) is 4.88 Å². The fourth-order valence-corrected chi connectivity index (χ4v) is 2.67. The quantitative estimate of drug-likeness (QED) is 0.369. The Kier molecular flexibility index (Phi) is 10.5. The highest BCUT2D eigenvalue weighted by molar-refractivity contribution is 14.0. The molecule has 0 spiro atoms. The van der Waals surface area contributed by atoms with Crippen LogP contribution in [0.1, 0.15) is 32.6 Å². The lowest BCUT2D eigenvalue weighted by Gasteiger charge is -2.25. The molecular formula is C17H31IN4OS. The molecule has 0 fully saturated rings. The summed E-state index contributed by atoms with van der Waals surface area (Å²) >= 11 is 1.76. The van der Waals surface area contributed by atoms with Crippen molar-refractivity contribution in [2.75, 3.05) is 33.7 Å². The number of rotatable bonds is 7. The maximum Gasteiger partial charge on any atom is 0.243 e. The molecule has 1 aromatic rings. The fraction of sp³-hybridized carbons (Fsp3) is 0.647. The SMILES string of the molecule is CC(C)CNC(=NCC(=O)N(C)C)NCC(C)(C)c1cccs1.I. The third-order valence-electron chi connectivity index (χ3n) is 3.43. The number of carbonyl (C=O) groups excluding carboxylic acids is 1. The van der Waals surface area contributed by atoms with E-state index in [2.05, 4.69) is 60.8 Å². The average Bonchev–Trinajstić information content (AvgIpc) is 3.00. The fourth-order valence-electron chi connectivity index (χ4n) is 1.82. The highest BCUT2D eigenvalue weighted by atomic mass is 127. The number of thiophene rings is 1. The molecule has 0 bridgehead atoms. The predicted molar refractivity (Wildman–Crippen MR) is 115 cm³/mol. The molecule has 0 aliphatic carbocycles. The molecule has 7 heteroatoms. The van der Waals surface area contributed by atoms with Crippen molar-refractivity contribution >= 4 is 47.2 Å². The standard InChI is InChI=1S/C17H30N4OS.HI/c1-13(2)10-18-16(19-11-15(22)21(5)6)20-12-17(3,4)14-8-7-9-23-14;/h7-9,13H,10-12H2,1-6H3,(H2,18,19,20);1H. The van der Waals surface area contributed by atoms with Gasteiger partial charge in [0.25, 0.3) is 0 Å². The first kappa shape index (κ1) is 23.2. The van der Waals surface area contributed by atoms with Crippen LogP contribution in [0, 0.1) is 5.92 Å². The molecule has 0 aliphatic rings. The monoisotopic (exact) mass is 466 g/mol. The topological polar surface area (TPSA) is 56.7 Å². The number of likely N-dealkylation sites (N-methyl/N-ethyl adjacent to an activating group) is 1. The number of aliphatic imine (C=N–C) groups is 1. The van der Waals surface area contributed by atoms with Gasteiger partial charge in [0.15, 0.2) is 5.96 Å². The number of amides is 1. The molecule has 0 aromatic carbocycles. The molecule has 0 saturated heterocycles. The highest BCUT2D eigenvalue weighted by Gasteiger charge is 2.22. The zero-order valence-electron chi connectivity index (χ0n) is 15.5. The van der Waals surface area contributed by atoms with Gasteiger partial charge in [0.1, 0.15) is 6.54 Å². The first-order valence-corrected chi connectivity index (χ1v) is 8.86. The van der Waals surface area contributed by atoms with E-state index in [-0.39, 0.29) is 41.8 Å². The van der Waals surface area contributed by atoms with Crippen LogP contribution in [0.3, 0.4) is 0 Å². The number of nitrogens with zero attached hydrogens (tertiary/aromatic N) is 2. The van der Waals surface area contributed by atoms with Gasteiger partial charge in [-0.3, -0.25) is 4.79 Å². The first-order valence-electron chi connectivity index (χ1n) is 7.98. The van der Waals surface area contributed by atoms with Gasteiger partial charge < -0.3 is 15.5 Å². The van der Waals surface area contributed by atoms with Crippen LogP contribution in [0.5, 0.6) is 0 Å². The van der Waals surface area contributed by atoms with E-state index in [9.17, 15) is 4.79 Å². The van der Waals surface area contributed by atoms with Crippen molar-refractivity contribution < 1.29 is 4.79 Å². The lowest BCUT2D eigenvalue weighted by Crippen LogP contribution is -2.44. The van der Waals surface area contributed by atoms with Crippen LogP contribution in [0.2, 0.25) is 0 Å². The molecule has 138 valence electrons. The molecule has 1 amide bonds. The van der Waals surface area contributed by atoms with Crippen molar-refractivity contribution in [1.82, 2.24) is 15.5 Å². The number of nitrogens with one attached hydrogen (secondary N) is 2. The molecule has 0 radical (unpaired) electrons. The summed E-state index contributed by atoms with van der Waals surface area (Å²) in [6.45, 7) is 10.4. The molecular weight excluding hydrogens is 435 g/mol. The minimum absolute atomic E-state index is 0. The molecule has 0 aliphatic heterocycles. The summed E-state index contributed by atoms with van der Waals surface area (Å²) in [5.41, 5.74) is 0.0139. The van der Waals surface area contributed by atoms with E-state index in [4.69, 9.17) is 0 Å². The van der Waals surface area contributed by atoms with Gasteiger partial charge in [0.2, 0.25) is 5.91 Å². The van der Waals surface area contributed by atoms with Gasteiger partial charge in [0.05, 0.1) is 0 Å². The van der Waals surface area contributed by atoms with E-state index in [0.717, 1.165) is 13.1 Å². The van der Waals surface area contributed by atoms with Crippen molar-refractivity contribution in [3.05, 3.63) is 22.4 Å². The number of hydrogen-bond donors (Lipinski definition) is 2. The van der Waals surface area contributed by atoms with Gasteiger partial charge in [0, 0.05) is 37.5 Å². The second-order valence-corrected chi connectivity index (χ2v) is 7.89. The Hall–Kier alpha value is -0.830. The molecule has 1 aromatic heterocycles. The van der Waals surface area contributed by atoms with Crippen molar-refractivity contribution in [2.24, 2.45) is 10.9 Å². The summed E-state index contributed by atoms with van der Waals surface area (Å²) in [5, 5.41) is 8.77. The Morgan fingerprint density at radius 1 is 1.33 bits per heavy atom. The van der Waals surface area contributed by atoms with Crippen LogP contribution in [0.15, 0.2) is 22.5 Å². The van der Waals surface area contributed by atoms with Crippen LogP contribution in [-0.4, -0.2) is 50.5 Å². The third kappa shape index (κ3) is 8.32. The summed E-state index contributed by atoms with van der Waals surface area (Å²) in [6.07, 6.45) is 0. The van der Waals surface area contributed by atoms with Gasteiger partial charge in [-0.05, 0) is 17.4 Å². The lowest BCUT2D eigenvalue weighted by molar-refractivity contribution is -0.127. The van der Waals surface area contributed by atoms with Gasteiger partial charge >= 0.3 is 0 Å². The molecule has 1 heterocycles.